The number of rotatable bonds is 4. The average molecular weight is 298 g/mol. The molecule has 0 aliphatic carbocycles. The van der Waals surface area contributed by atoms with Crippen molar-refractivity contribution in [2.24, 2.45) is 11.7 Å². The molecule has 1 aromatic rings. The van der Waals surface area contributed by atoms with Gasteiger partial charge >= 0.3 is 6.18 Å². The van der Waals surface area contributed by atoms with Crippen molar-refractivity contribution < 1.29 is 17.9 Å². The van der Waals surface area contributed by atoms with Gasteiger partial charge in [-0.2, -0.15) is 13.2 Å². The van der Waals surface area contributed by atoms with E-state index in [9.17, 15) is 13.2 Å². The summed E-state index contributed by atoms with van der Waals surface area (Å²) in [5.41, 5.74) is 5.88. The van der Waals surface area contributed by atoms with Crippen LogP contribution in [0.5, 0.6) is 5.75 Å². The van der Waals surface area contributed by atoms with Crippen molar-refractivity contribution in [2.75, 3.05) is 6.61 Å². The van der Waals surface area contributed by atoms with Crippen LogP contribution in [-0.2, 0) is 0 Å². The van der Waals surface area contributed by atoms with Crippen LogP contribution >= 0.6 is 23.8 Å². The van der Waals surface area contributed by atoms with Crippen LogP contribution < -0.4 is 10.5 Å². The first-order valence-corrected chi connectivity index (χ1v) is 5.75. The molecule has 0 saturated carbocycles. The normalized spacial score (nSPS) is 13.2. The summed E-state index contributed by atoms with van der Waals surface area (Å²) >= 11 is 10.2. The molecule has 2 nitrogen and oxygen atoms in total. The first kappa shape index (κ1) is 15.0. The number of hydrogen-bond donors (Lipinski definition) is 1. The lowest BCUT2D eigenvalue weighted by atomic mass is 10.1. The van der Waals surface area contributed by atoms with Gasteiger partial charge in [0.25, 0.3) is 0 Å². The predicted octanol–water partition coefficient (Wildman–Crippen LogP) is 3.49. The van der Waals surface area contributed by atoms with Gasteiger partial charge in [0.1, 0.15) is 18.3 Å². The van der Waals surface area contributed by atoms with E-state index in [-0.39, 0.29) is 10.8 Å². The van der Waals surface area contributed by atoms with Crippen molar-refractivity contribution in [3.8, 4) is 5.75 Å². The molecule has 7 heteroatoms. The summed E-state index contributed by atoms with van der Waals surface area (Å²) in [7, 11) is 0. The minimum atomic E-state index is -4.53. The minimum absolute atomic E-state index is 0.183. The monoisotopic (exact) mass is 297 g/mol. The standard InChI is InChI=1S/C11H11ClF3NOS/c1-6-2-3-8(12)9(4-6)17-5-7(10(16)18)11(13,14)15/h2-4,7H,5H2,1H3,(H2,16,18). The third kappa shape index (κ3) is 4.03. The SMILES string of the molecule is Cc1ccc(Cl)c(OCC(C(N)=S)C(F)(F)F)c1. The van der Waals surface area contributed by atoms with Crippen LogP contribution in [0.4, 0.5) is 13.2 Å². The van der Waals surface area contributed by atoms with Crippen molar-refractivity contribution in [3.05, 3.63) is 28.8 Å². The van der Waals surface area contributed by atoms with Gasteiger partial charge in [0.15, 0.2) is 0 Å². The number of ether oxygens (including phenoxy) is 1. The third-order valence-electron chi connectivity index (χ3n) is 2.23. The van der Waals surface area contributed by atoms with Crippen LogP contribution in [0, 0.1) is 12.8 Å². The first-order valence-electron chi connectivity index (χ1n) is 4.97. The second kappa shape index (κ2) is 5.75. The molecule has 0 aliphatic heterocycles. The number of hydrogen-bond acceptors (Lipinski definition) is 2. The highest BCUT2D eigenvalue weighted by Crippen LogP contribution is 2.30. The molecule has 1 unspecified atom stereocenters. The molecule has 2 N–H and O–H groups in total. The molecule has 0 aromatic heterocycles. The Bertz CT molecular complexity index is 450. The van der Waals surface area contributed by atoms with E-state index in [0.717, 1.165) is 5.56 Å². The molecule has 0 fully saturated rings. The Morgan fingerprint density at radius 3 is 2.61 bits per heavy atom. The molecule has 0 radical (unpaired) electrons. The Labute approximate surface area is 113 Å². The summed E-state index contributed by atoms with van der Waals surface area (Å²) in [6.07, 6.45) is -4.53. The van der Waals surface area contributed by atoms with Gasteiger partial charge in [-0.05, 0) is 24.6 Å². The molecule has 0 saturated heterocycles. The Hall–Kier alpha value is -1.01. The van der Waals surface area contributed by atoms with Gasteiger partial charge in [-0.3, -0.25) is 0 Å². The highest BCUT2D eigenvalue weighted by molar-refractivity contribution is 7.80. The molecule has 100 valence electrons. The summed E-state index contributed by atoms with van der Waals surface area (Å²) in [5, 5.41) is 0.240. The average Bonchev–Trinajstić information content (AvgIpc) is 2.20. The lowest BCUT2D eigenvalue weighted by Gasteiger charge is -2.19. The topological polar surface area (TPSA) is 35.2 Å². The summed E-state index contributed by atoms with van der Waals surface area (Å²) < 4.78 is 42.8. The van der Waals surface area contributed by atoms with E-state index in [1.807, 2.05) is 0 Å². The molecule has 0 bridgehead atoms. The smallest absolute Gasteiger partial charge is 0.401 e. The van der Waals surface area contributed by atoms with Gasteiger partial charge in [-0.15, -0.1) is 0 Å². The zero-order valence-electron chi connectivity index (χ0n) is 9.42. The molecule has 0 heterocycles. The fourth-order valence-electron chi connectivity index (χ4n) is 1.23. The minimum Gasteiger partial charge on any atom is -0.491 e. The van der Waals surface area contributed by atoms with Crippen molar-refractivity contribution >= 4 is 28.8 Å². The Morgan fingerprint density at radius 1 is 1.50 bits per heavy atom. The van der Waals surface area contributed by atoms with Crippen LogP contribution in [0.3, 0.4) is 0 Å². The van der Waals surface area contributed by atoms with Crippen LogP contribution in [-0.4, -0.2) is 17.8 Å². The van der Waals surface area contributed by atoms with E-state index < -0.39 is 23.7 Å². The van der Waals surface area contributed by atoms with E-state index in [0.29, 0.717) is 0 Å². The third-order valence-corrected chi connectivity index (χ3v) is 2.83. The van der Waals surface area contributed by atoms with Crippen LogP contribution in [0.15, 0.2) is 18.2 Å². The molecular weight excluding hydrogens is 287 g/mol. The summed E-state index contributed by atoms with van der Waals surface area (Å²) in [4.78, 5) is -0.647. The largest absolute Gasteiger partial charge is 0.491 e. The zero-order valence-corrected chi connectivity index (χ0v) is 11.0. The maximum atomic E-state index is 12.6. The highest BCUT2D eigenvalue weighted by Gasteiger charge is 2.42. The molecule has 1 aromatic carbocycles. The van der Waals surface area contributed by atoms with E-state index in [4.69, 9.17) is 22.1 Å². The number of nitrogens with two attached hydrogens (primary N) is 1. The number of halogens is 4. The number of thiocarbonyl (C=S) groups is 1. The maximum Gasteiger partial charge on any atom is 0.401 e. The lowest BCUT2D eigenvalue weighted by molar-refractivity contribution is -0.161. The fraction of sp³-hybridized carbons (Fsp3) is 0.364. The predicted molar refractivity (Wildman–Crippen MR) is 68.0 cm³/mol. The van der Waals surface area contributed by atoms with E-state index >= 15 is 0 Å². The summed E-state index contributed by atoms with van der Waals surface area (Å²) in [6, 6.07) is 4.83. The van der Waals surface area contributed by atoms with Gasteiger partial charge in [-0.25, -0.2) is 0 Å². The van der Waals surface area contributed by atoms with E-state index in [1.54, 1.807) is 25.1 Å². The second-order valence-corrected chi connectivity index (χ2v) is 4.62. The van der Waals surface area contributed by atoms with Gasteiger partial charge in [0, 0.05) is 0 Å². The Balaban J connectivity index is 2.79. The van der Waals surface area contributed by atoms with Crippen LogP contribution in [0.25, 0.3) is 0 Å². The zero-order chi connectivity index (χ0) is 13.9. The number of aryl methyl sites for hydroxylation is 1. The quantitative estimate of drug-likeness (QED) is 0.864. The highest BCUT2D eigenvalue weighted by atomic mass is 35.5. The Morgan fingerprint density at radius 2 is 2.11 bits per heavy atom. The van der Waals surface area contributed by atoms with Crippen molar-refractivity contribution in [3.63, 3.8) is 0 Å². The Kier molecular flexibility index (Phi) is 4.81. The summed E-state index contributed by atoms with van der Waals surface area (Å²) in [5.74, 6) is -1.80. The molecule has 18 heavy (non-hydrogen) atoms. The lowest BCUT2D eigenvalue weighted by Crippen LogP contribution is -2.38. The summed E-state index contributed by atoms with van der Waals surface area (Å²) in [6.45, 7) is 1.10. The second-order valence-electron chi connectivity index (χ2n) is 3.74. The van der Waals surface area contributed by atoms with Crippen molar-refractivity contribution in [2.45, 2.75) is 13.1 Å². The van der Waals surface area contributed by atoms with Crippen LogP contribution in [0.1, 0.15) is 5.56 Å². The van der Waals surface area contributed by atoms with Gasteiger partial charge in [0.2, 0.25) is 0 Å². The molecule has 0 aliphatic rings. The van der Waals surface area contributed by atoms with Gasteiger partial charge in [0.05, 0.1) is 10.0 Å². The first-order chi connectivity index (χ1) is 8.21. The molecule has 1 rings (SSSR count). The van der Waals surface area contributed by atoms with Gasteiger partial charge < -0.3 is 10.5 Å². The van der Waals surface area contributed by atoms with E-state index in [2.05, 4.69) is 12.2 Å². The maximum absolute atomic E-state index is 12.6. The van der Waals surface area contributed by atoms with Gasteiger partial charge in [-0.1, -0.05) is 29.9 Å². The fourth-order valence-corrected chi connectivity index (χ4v) is 1.61. The van der Waals surface area contributed by atoms with E-state index in [1.165, 1.54) is 0 Å². The van der Waals surface area contributed by atoms with Crippen molar-refractivity contribution in [1.82, 2.24) is 0 Å². The molecular formula is C11H11ClF3NOS. The number of alkyl halides is 3. The molecule has 1 atom stereocenters. The molecule has 0 amide bonds. The van der Waals surface area contributed by atoms with Crippen LogP contribution in [0.2, 0.25) is 5.02 Å². The number of benzene rings is 1. The molecule has 0 spiro atoms. The van der Waals surface area contributed by atoms with Crippen molar-refractivity contribution in [1.29, 1.82) is 0 Å².